The third-order valence-electron chi connectivity index (χ3n) is 5.63. The molecule has 0 spiro atoms. The molecule has 1 heterocycles. The van der Waals surface area contributed by atoms with Gasteiger partial charge in [0.15, 0.2) is 0 Å². The number of allylic oxidation sites excluding steroid dienone is 2. The van der Waals surface area contributed by atoms with Crippen LogP contribution in [0.2, 0.25) is 0 Å². The van der Waals surface area contributed by atoms with Crippen LogP contribution in [0, 0.1) is 10.1 Å². The fourth-order valence-electron chi connectivity index (χ4n) is 3.99. The summed E-state index contributed by atoms with van der Waals surface area (Å²) < 4.78 is 10.8. The second kappa shape index (κ2) is 10.4. The van der Waals surface area contributed by atoms with Crippen molar-refractivity contribution in [3.8, 4) is 0 Å². The Morgan fingerprint density at radius 1 is 1.00 bits per heavy atom. The Bertz CT molecular complexity index is 1240. The molecule has 35 heavy (non-hydrogen) atoms. The van der Waals surface area contributed by atoms with Gasteiger partial charge in [-0.25, -0.2) is 9.59 Å². The van der Waals surface area contributed by atoms with Crippen LogP contribution in [0.3, 0.4) is 0 Å². The maximum atomic E-state index is 13.5. The van der Waals surface area contributed by atoms with Crippen molar-refractivity contribution >= 4 is 23.7 Å². The molecule has 0 bridgehead atoms. The van der Waals surface area contributed by atoms with Gasteiger partial charge in [0.05, 0.1) is 29.1 Å². The third-order valence-corrected chi connectivity index (χ3v) is 5.63. The summed E-state index contributed by atoms with van der Waals surface area (Å²) in [6.07, 6.45) is 3.63. The number of nitro benzene ring substituents is 1. The molecule has 182 valence electrons. The van der Waals surface area contributed by atoms with Crippen molar-refractivity contribution < 1.29 is 24.0 Å². The van der Waals surface area contributed by atoms with Gasteiger partial charge in [-0.3, -0.25) is 10.1 Å². The summed E-state index contributed by atoms with van der Waals surface area (Å²) in [5, 5.41) is 14.5. The normalized spacial score (nSPS) is 16.2. The molecule has 0 amide bonds. The summed E-state index contributed by atoms with van der Waals surface area (Å²) in [4.78, 5) is 37.2. The molecule has 0 fully saturated rings. The lowest BCUT2D eigenvalue weighted by Gasteiger charge is -2.32. The van der Waals surface area contributed by atoms with Crippen LogP contribution < -0.4 is 5.32 Å². The van der Waals surface area contributed by atoms with Crippen LogP contribution in [0.5, 0.6) is 0 Å². The minimum Gasteiger partial charge on any atom is -0.466 e. The lowest BCUT2D eigenvalue weighted by Crippen LogP contribution is -2.35. The van der Waals surface area contributed by atoms with E-state index >= 15 is 0 Å². The van der Waals surface area contributed by atoms with Crippen LogP contribution in [0.15, 0.2) is 83.2 Å². The Kier molecular flexibility index (Phi) is 7.54. The van der Waals surface area contributed by atoms with E-state index in [1.165, 1.54) is 25.3 Å². The summed E-state index contributed by atoms with van der Waals surface area (Å²) in [5.41, 5.74) is 1.57. The highest BCUT2D eigenvalue weighted by Crippen LogP contribution is 2.40. The Morgan fingerprint density at radius 3 is 2.23 bits per heavy atom. The van der Waals surface area contributed by atoms with Crippen LogP contribution in [0.4, 0.5) is 5.69 Å². The molecule has 0 saturated carbocycles. The smallest absolute Gasteiger partial charge is 0.337 e. The highest BCUT2D eigenvalue weighted by Gasteiger charge is 2.39. The number of carbonyl (C=O) groups excluding carboxylic acids is 2. The molecule has 1 unspecified atom stereocenters. The number of benzene rings is 2. The third kappa shape index (κ3) is 5.84. The standard InChI is InChI=1S/C27H28N2O6/c1-17-22(25(30)34-5)24(20-12-9-13-21(16-20)29(32)33)23(18(2)28-17)26(31)35-27(3,4)15-14-19-10-7-6-8-11-19/h6-16,24,28H,1-5H3. The molecular formula is C27H28N2O6. The van der Waals surface area contributed by atoms with Crippen molar-refractivity contribution in [1.82, 2.24) is 5.32 Å². The summed E-state index contributed by atoms with van der Waals surface area (Å²) in [6.45, 7) is 6.89. The molecule has 3 rings (SSSR count). The second-order valence-corrected chi connectivity index (χ2v) is 8.72. The molecule has 2 aromatic rings. The first-order valence-electron chi connectivity index (χ1n) is 11.0. The van der Waals surface area contributed by atoms with Crippen LogP contribution in [-0.4, -0.2) is 29.6 Å². The van der Waals surface area contributed by atoms with E-state index < -0.39 is 28.4 Å². The second-order valence-electron chi connectivity index (χ2n) is 8.72. The fourth-order valence-corrected chi connectivity index (χ4v) is 3.99. The van der Waals surface area contributed by atoms with Gasteiger partial charge in [-0.05, 0) is 44.9 Å². The number of methoxy groups -OCH3 is 1. The molecule has 8 nitrogen and oxygen atoms in total. The van der Waals surface area contributed by atoms with Gasteiger partial charge in [-0.1, -0.05) is 48.5 Å². The summed E-state index contributed by atoms with van der Waals surface area (Å²) >= 11 is 0. The van der Waals surface area contributed by atoms with E-state index in [2.05, 4.69) is 5.32 Å². The number of hydrogen-bond acceptors (Lipinski definition) is 7. The zero-order chi connectivity index (χ0) is 25.8. The predicted molar refractivity (Wildman–Crippen MR) is 132 cm³/mol. The summed E-state index contributed by atoms with van der Waals surface area (Å²) in [5.74, 6) is -2.21. The first-order valence-corrected chi connectivity index (χ1v) is 11.0. The lowest BCUT2D eigenvalue weighted by atomic mass is 9.80. The van der Waals surface area contributed by atoms with E-state index in [4.69, 9.17) is 9.47 Å². The van der Waals surface area contributed by atoms with Gasteiger partial charge >= 0.3 is 11.9 Å². The molecule has 0 saturated heterocycles. The minimum atomic E-state index is -0.977. The van der Waals surface area contributed by atoms with E-state index in [1.807, 2.05) is 36.4 Å². The van der Waals surface area contributed by atoms with Gasteiger partial charge in [0.1, 0.15) is 5.60 Å². The van der Waals surface area contributed by atoms with Crippen LogP contribution in [-0.2, 0) is 19.1 Å². The molecule has 1 N–H and O–H groups in total. The molecular weight excluding hydrogens is 448 g/mol. The molecule has 2 aromatic carbocycles. The highest BCUT2D eigenvalue weighted by molar-refractivity contribution is 6.00. The monoisotopic (exact) mass is 476 g/mol. The van der Waals surface area contributed by atoms with Crippen LogP contribution in [0.1, 0.15) is 44.7 Å². The molecule has 0 aromatic heterocycles. The molecule has 8 heteroatoms. The van der Waals surface area contributed by atoms with Crippen molar-refractivity contribution in [3.63, 3.8) is 0 Å². The van der Waals surface area contributed by atoms with Gasteiger partial charge in [0.25, 0.3) is 5.69 Å². The number of nitrogens with one attached hydrogen (secondary N) is 1. The molecule has 1 aliphatic rings. The number of non-ortho nitro benzene ring substituents is 1. The predicted octanol–water partition coefficient (Wildman–Crippen LogP) is 5.04. The van der Waals surface area contributed by atoms with Gasteiger partial charge in [0.2, 0.25) is 0 Å². The SMILES string of the molecule is COC(=O)C1=C(C)NC(C)=C(C(=O)OC(C)(C)C=Cc2ccccc2)C1c1cccc([N+](=O)[O-])c1. The van der Waals surface area contributed by atoms with E-state index in [9.17, 15) is 19.7 Å². The summed E-state index contributed by atoms with van der Waals surface area (Å²) in [7, 11) is 1.24. The number of ether oxygens (including phenoxy) is 2. The average molecular weight is 477 g/mol. The number of nitro groups is 1. The first kappa shape index (κ1) is 25.4. The van der Waals surface area contributed by atoms with Gasteiger partial charge < -0.3 is 14.8 Å². The van der Waals surface area contributed by atoms with Crippen molar-refractivity contribution in [1.29, 1.82) is 0 Å². The van der Waals surface area contributed by atoms with Crippen LogP contribution >= 0.6 is 0 Å². The van der Waals surface area contributed by atoms with Crippen molar-refractivity contribution in [2.24, 2.45) is 0 Å². The average Bonchev–Trinajstić information content (AvgIpc) is 2.82. The maximum absolute atomic E-state index is 13.5. The number of rotatable bonds is 7. The first-order chi connectivity index (χ1) is 16.5. The lowest BCUT2D eigenvalue weighted by molar-refractivity contribution is -0.384. The molecule has 0 aliphatic carbocycles. The number of esters is 2. The number of nitrogens with zero attached hydrogens (tertiary/aromatic N) is 1. The summed E-state index contributed by atoms with van der Waals surface area (Å²) in [6, 6.07) is 15.5. The zero-order valence-corrected chi connectivity index (χ0v) is 20.3. The number of hydrogen-bond donors (Lipinski definition) is 1. The van der Waals surface area contributed by atoms with Crippen molar-refractivity contribution in [2.75, 3.05) is 7.11 Å². The Labute approximate surface area is 204 Å². The van der Waals surface area contributed by atoms with Crippen molar-refractivity contribution in [2.45, 2.75) is 39.2 Å². The van der Waals surface area contributed by atoms with Crippen LogP contribution in [0.25, 0.3) is 6.08 Å². The quantitative estimate of drug-likeness (QED) is 0.339. The maximum Gasteiger partial charge on any atom is 0.337 e. The van der Waals surface area contributed by atoms with Crippen molar-refractivity contribution in [3.05, 3.63) is 104 Å². The van der Waals surface area contributed by atoms with E-state index in [1.54, 1.807) is 39.8 Å². The molecule has 1 atom stereocenters. The van der Waals surface area contributed by atoms with Gasteiger partial charge in [-0.15, -0.1) is 0 Å². The van der Waals surface area contributed by atoms with E-state index in [0.717, 1.165) is 5.56 Å². The van der Waals surface area contributed by atoms with E-state index in [-0.39, 0.29) is 16.8 Å². The Hall–Kier alpha value is -4.20. The number of dihydropyridines is 1. The minimum absolute atomic E-state index is 0.153. The topological polar surface area (TPSA) is 108 Å². The molecule has 0 radical (unpaired) electrons. The zero-order valence-electron chi connectivity index (χ0n) is 20.3. The highest BCUT2D eigenvalue weighted by atomic mass is 16.6. The Balaban J connectivity index is 2.03. The Morgan fingerprint density at radius 2 is 1.63 bits per heavy atom. The van der Waals surface area contributed by atoms with E-state index in [0.29, 0.717) is 17.0 Å². The van der Waals surface area contributed by atoms with Gasteiger partial charge in [0, 0.05) is 23.5 Å². The fraction of sp³-hybridized carbons (Fsp3) is 0.259. The molecule has 1 aliphatic heterocycles. The number of carbonyl (C=O) groups is 2. The van der Waals surface area contributed by atoms with Gasteiger partial charge in [-0.2, -0.15) is 0 Å². The largest absolute Gasteiger partial charge is 0.466 e.